The molecule has 108 valence electrons. The number of nitrogens with one attached hydrogen (secondary N) is 1. The monoisotopic (exact) mass is 366 g/mol. The van der Waals surface area contributed by atoms with Crippen molar-refractivity contribution in [1.82, 2.24) is 5.43 Å². The third-order valence-electron chi connectivity index (χ3n) is 2.72. The molecule has 21 heavy (non-hydrogen) atoms. The number of aliphatic hydroxyl groups excluding tert-OH is 1. The molecule has 0 saturated carbocycles. The summed E-state index contributed by atoms with van der Waals surface area (Å²) in [6.07, 6.45) is 0.149. The number of hydrazone groups is 1. The van der Waals surface area contributed by atoms with Crippen LogP contribution in [0.2, 0.25) is 5.02 Å². The summed E-state index contributed by atoms with van der Waals surface area (Å²) in [6.45, 7) is 0. The van der Waals surface area contributed by atoms with Crippen LogP contribution in [-0.2, 0) is 4.79 Å². The molecule has 0 saturated heterocycles. The summed E-state index contributed by atoms with van der Waals surface area (Å²) in [5.41, 5.74) is 3.45. The average molecular weight is 368 g/mol. The number of benzene rings is 2. The van der Waals surface area contributed by atoms with Gasteiger partial charge in [-0.15, -0.1) is 0 Å². The van der Waals surface area contributed by atoms with Crippen LogP contribution in [0.1, 0.15) is 17.2 Å². The molecule has 2 aromatic carbocycles. The number of carbonyl (C=O) groups excluding carboxylic acids is 1. The Hall–Kier alpha value is -1.69. The summed E-state index contributed by atoms with van der Waals surface area (Å²) in [5, 5.41) is 14.2. The highest BCUT2D eigenvalue weighted by molar-refractivity contribution is 9.10. The van der Waals surface area contributed by atoms with Crippen LogP contribution in [0.15, 0.2) is 58.1 Å². The van der Waals surface area contributed by atoms with E-state index in [0.717, 1.165) is 4.47 Å². The summed E-state index contributed by atoms with van der Waals surface area (Å²) in [6, 6.07) is 13.9. The highest BCUT2D eigenvalue weighted by Gasteiger charge is 2.16. The van der Waals surface area contributed by atoms with Gasteiger partial charge in [-0.25, -0.2) is 5.43 Å². The summed E-state index contributed by atoms with van der Waals surface area (Å²) in [5.74, 6) is -0.611. The van der Waals surface area contributed by atoms with Gasteiger partial charge in [0.05, 0.1) is 6.21 Å². The van der Waals surface area contributed by atoms with Crippen molar-refractivity contribution in [3.63, 3.8) is 0 Å². The second-order valence-electron chi connectivity index (χ2n) is 4.21. The number of hydrogen-bond donors (Lipinski definition) is 2. The molecule has 0 radical (unpaired) electrons. The van der Waals surface area contributed by atoms with E-state index in [1.165, 1.54) is 6.21 Å². The average Bonchev–Trinajstić information content (AvgIpc) is 2.49. The maximum absolute atomic E-state index is 11.8. The first kappa shape index (κ1) is 15.7. The molecule has 2 aromatic rings. The Kier molecular flexibility index (Phi) is 5.50. The first-order chi connectivity index (χ1) is 10.1. The van der Waals surface area contributed by atoms with Crippen molar-refractivity contribution < 1.29 is 9.90 Å². The van der Waals surface area contributed by atoms with E-state index in [0.29, 0.717) is 16.1 Å². The maximum Gasteiger partial charge on any atom is 0.273 e. The lowest BCUT2D eigenvalue weighted by molar-refractivity contribution is -0.129. The van der Waals surface area contributed by atoms with Gasteiger partial charge in [0.25, 0.3) is 5.91 Å². The molecule has 0 spiro atoms. The third kappa shape index (κ3) is 4.39. The number of amides is 1. The van der Waals surface area contributed by atoms with Gasteiger partial charge in [0.1, 0.15) is 0 Å². The molecule has 1 atom stereocenters. The zero-order valence-corrected chi connectivity index (χ0v) is 13.2. The number of carbonyl (C=O) groups is 1. The van der Waals surface area contributed by atoms with Crippen molar-refractivity contribution in [1.29, 1.82) is 0 Å². The Labute approximate surface area is 135 Å². The van der Waals surface area contributed by atoms with Gasteiger partial charge in [-0.1, -0.05) is 57.9 Å². The molecule has 0 aliphatic carbocycles. The number of halogens is 2. The first-order valence-corrected chi connectivity index (χ1v) is 7.26. The Morgan fingerprint density at radius 3 is 2.57 bits per heavy atom. The van der Waals surface area contributed by atoms with Crippen molar-refractivity contribution >= 4 is 39.7 Å². The minimum Gasteiger partial charge on any atom is -0.378 e. The van der Waals surface area contributed by atoms with Gasteiger partial charge in [-0.05, 0) is 23.8 Å². The molecule has 2 N–H and O–H groups in total. The molecule has 6 heteroatoms. The summed E-state index contributed by atoms with van der Waals surface area (Å²) < 4.78 is 0.871. The van der Waals surface area contributed by atoms with Crippen LogP contribution in [0.4, 0.5) is 0 Å². The lowest BCUT2D eigenvalue weighted by Gasteiger charge is -2.09. The molecule has 0 fully saturated rings. The van der Waals surface area contributed by atoms with Gasteiger partial charge in [-0.3, -0.25) is 4.79 Å². The van der Waals surface area contributed by atoms with Gasteiger partial charge < -0.3 is 5.11 Å². The Morgan fingerprint density at radius 2 is 1.90 bits per heavy atom. The Morgan fingerprint density at radius 1 is 1.24 bits per heavy atom. The van der Waals surface area contributed by atoms with Crippen molar-refractivity contribution in [2.24, 2.45) is 5.10 Å². The zero-order chi connectivity index (χ0) is 15.2. The van der Waals surface area contributed by atoms with E-state index in [1.807, 2.05) is 6.07 Å². The maximum atomic E-state index is 11.8. The summed E-state index contributed by atoms with van der Waals surface area (Å²) in [7, 11) is 0. The normalized spacial score (nSPS) is 12.3. The second kappa shape index (κ2) is 7.36. The molecular weight excluding hydrogens is 356 g/mol. The van der Waals surface area contributed by atoms with Crippen LogP contribution in [-0.4, -0.2) is 17.2 Å². The van der Waals surface area contributed by atoms with E-state index in [4.69, 9.17) is 11.6 Å². The molecule has 0 aliphatic rings. The molecule has 1 amide bonds. The van der Waals surface area contributed by atoms with Gasteiger partial charge in [0, 0.05) is 15.1 Å². The fourth-order valence-corrected chi connectivity index (χ4v) is 2.05. The summed E-state index contributed by atoms with van der Waals surface area (Å²) in [4.78, 5) is 11.8. The first-order valence-electron chi connectivity index (χ1n) is 6.09. The van der Waals surface area contributed by atoms with Crippen LogP contribution in [0.5, 0.6) is 0 Å². The smallest absolute Gasteiger partial charge is 0.273 e. The van der Waals surface area contributed by atoms with E-state index in [1.54, 1.807) is 42.5 Å². The predicted octanol–water partition coefficient (Wildman–Crippen LogP) is 3.29. The van der Waals surface area contributed by atoms with Gasteiger partial charge in [0.2, 0.25) is 0 Å². The van der Waals surface area contributed by atoms with Crippen molar-refractivity contribution in [3.8, 4) is 0 Å². The molecule has 0 heterocycles. The number of rotatable bonds is 4. The number of nitrogens with zero attached hydrogens (tertiary/aromatic N) is 1. The fraction of sp³-hybridized carbons (Fsp3) is 0.0667. The minimum absolute atomic E-state index is 0.489. The largest absolute Gasteiger partial charge is 0.378 e. The lowest BCUT2D eigenvalue weighted by atomic mass is 10.1. The van der Waals surface area contributed by atoms with Crippen molar-refractivity contribution in [2.75, 3.05) is 0 Å². The highest BCUT2D eigenvalue weighted by Crippen LogP contribution is 2.17. The van der Waals surface area contributed by atoms with Gasteiger partial charge in [0.15, 0.2) is 6.10 Å². The Balaban J connectivity index is 1.98. The van der Waals surface area contributed by atoms with Gasteiger partial charge in [-0.2, -0.15) is 5.10 Å². The van der Waals surface area contributed by atoms with Crippen molar-refractivity contribution in [2.45, 2.75) is 6.10 Å². The van der Waals surface area contributed by atoms with Gasteiger partial charge >= 0.3 is 0 Å². The molecule has 0 bridgehead atoms. The quantitative estimate of drug-likeness (QED) is 0.643. The molecule has 4 nitrogen and oxygen atoms in total. The fourth-order valence-electron chi connectivity index (χ4n) is 1.60. The second-order valence-corrected chi connectivity index (χ2v) is 5.53. The molecule has 0 unspecified atom stereocenters. The van der Waals surface area contributed by atoms with E-state index in [2.05, 4.69) is 26.5 Å². The van der Waals surface area contributed by atoms with E-state index < -0.39 is 12.0 Å². The van der Waals surface area contributed by atoms with Crippen LogP contribution in [0.25, 0.3) is 0 Å². The van der Waals surface area contributed by atoms with E-state index >= 15 is 0 Å². The number of aliphatic hydroxyl groups is 1. The zero-order valence-electron chi connectivity index (χ0n) is 10.8. The lowest BCUT2D eigenvalue weighted by Crippen LogP contribution is -2.25. The van der Waals surface area contributed by atoms with E-state index in [9.17, 15) is 9.90 Å². The van der Waals surface area contributed by atoms with Crippen LogP contribution in [0, 0.1) is 0 Å². The summed E-state index contributed by atoms with van der Waals surface area (Å²) >= 11 is 9.24. The van der Waals surface area contributed by atoms with E-state index in [-0.39, 0.29) is 0 Å². The van der Waals surface area contributed by atoms with Crippen molar-refractivity contribution in [3.05, 3.63) is 69.2 Å². The topological polar surface area (TPSA) is 61.7 Å². The van der Waals surface area contributed by atoms with Crippen LogP contribution < -0.4 is 5.43 Å². The minimum atomic E-state index is -1.28. The third-order valence-corrected chi connectivity index (χ3v) is 3.59. The predicted molar refractivity (Wildman–Crippen MR) is 86.3 cm³/mol. The molecule has 0 aliphatic heterocycles. The Bertz CT molecular complexity index is 659. The van der Waals surface area contributed by atoms with Crippen LogP contribution in [0.3, 0.4) is 0 Å². The molecule has 2 rings (SSSR count). The molecular formula is C15H12BrClN2O2. The highest BCUT2D eigenvalue weighted by atomic mass is 79.9. The molecule has 0 aromatic heterocycles. The van der Waals surface area contributed by atoms with Crippen LogP contribution >= 0.6 is 27.5 Å². The SMILES string of the molecule is O=C(N/N=C\c1ccccc1Cl)[C@H](O)c1ccc(Br)cc1. The number of hydrogen-bond acceptors (Lipinski definition) is 3. The standard InChI is InChI=1S/C15H12BrClN2O2/c16-12-7-5-10(6-8-12)14(20)15(21)19-18-9-11-3-1-2-4-13(11)17/h1-9,14,20H,(H,19,21)/b18-9-/t14-/m1/s1.